The smallest absolute Gasteiger partial charge is 0.301 e. The van der Waals surface area contributed by atoms with Crippen LogP contribution in [0.5, 0.6) is 0 Å². The third-order valence-electron chi connectivity index (χ3n) is 1.64. The number of aliphatic hydroxyl groups is 1. The third kappa shape index (κ3) is 5.32. The van der Waals surface area contributed by atoms with E-state index in [4.69, 9.17) is 4.55 Å². The van der Waals surface area contributed by atoms with Crippen molar-refractivity contribution in [2.24, 2.45) is 5.92 Å². The predicted molar refractivity (Wildman–Crippen MR) is 42.2 cm³/mol. The molecule has 0 heterocycles. The van der Waals surface area contributed by atoms with Gasteiger partial charge in [0.05, 0.1) is 12.7 Å². The summed E-state index contributed by atoms with van der Waals surface area (Å²) in [5.41, 5.74) is 0. The minimum atomic E-state index is -2.26. The van der Waals surface area contributed by atoms with Gasteiger partial charge < -0.3 is 5.11 Å². The molecule has 0 aromatic rings. The van der Waals surface area contributed by atoms with Gasteiger partial charge in [0.15, 0.2) is 0 Å². The van der Waals surface area contributed by atoms with Crippen molar-refractivity contribution in [3.05, 3.63) is 0 Å². The summed E-state index contributed by atoms with van der Waals surface area (Å²) in [6, 6.07) is 0. The molecule has 0 radical (unpaired) electrons. The monoisotopic (exact) mass is 182 g/mol. The zero-order valence-corrected chi connectivity index (χ0v) is 7.50. The Morgan fingerprint density at radius 2 is 2.18 bits per heavy atom. The molecule has 11 heavy (non-hydrogen) atoms. The summed E-state index contributed by atoms with van der Waals surface area (Å²) in [5, 5.41) is 9.20. The summed E-state index contributed by atoms with van der Waals surface area (Å²) in [6.45, 7) is 3.70. The molecule has 0 aromatic heterocycles. The molecule has 0 fully saturated rings. The summed E-state index contributed by atoms with van der Waals surface area (Å²) < 4.78 is 22.5. The van der Waals surface area contributed by atoms with Crippen LogP contribution in [0.3, 0.4) is 0 Å². The first-order valence-corrected chi connectivity index (χ1v) is 4.53. The molecule has 68 valence electrons. The highest BCUT2D eigenvalue weighted by molar-refractivity contribution is 7.74. The molecule has 0 aliphatic rings. The Hall–Kier alpha value is 0.0300. The van der Waals surface area contributed by atoms with Crippen LogP contribution in [0.2, 0.25) is 0 Å². The van der Waals surface area contributed by atoms with Crippen molar-refractivity contribution >= 4 is 11.4 Å². The van der Waals surface area contributed by atoms with Crippen LogP contribution in [0.25, 0.3) is 0 Å². The fourth-order valence-electron chi connectivity index (χ4n) is 0.564. The zero-order valence-electron chi connectivity index (χ0n) is 6.69. The molecule has 3 unspecified atom stereocenters. The van der Waals surface area contributed by atoms with E-state index in [1.54, 1.807) is 0 Å². The van der Waals surface area contributed by atoms with Crippen molar-refractivity contribution in [2.75, 3.05) is 6.61 Å². The topological polar surface area (TPSA) is 66.8 Å². The summed E-state index contributed by atoms with van der Waals surface area (Å²) >= 11 is -2.26. The predicted octanol–water partition coefficient (Wildman–Crippen LogP) is 0.547. The number of aliphatic hydroxyl groups excluding tert-OH is 1. The molecule has 0 saturated carbocycles. The molecule has 0 rings (SSSR count). The minimum absolute atomic E-state index is 0.0852. The summed E-state index contributed by atoms with van der Waals surface area (Å²) in [6.07, 6.45) is 0.166. The van der Waals surface area contributed by atoms with E-state index in [-0.39, 0.29) is 12.5 Å². The van der Waals surface area contributed by atoms with Crippen molar-refractivity contribution in [2.45, 2.75) is 26.4 Å². The SMILES string of the molecule is CCC(C)C(O)COS(=O)O. The van der Waals surface area contributed by atoms with Gasteiger partial charge in [0.1, 0.15) is 0 Å². The van der Waals surface area contributed by atoms with Crippen LogP contribution in [0.1, 0.15) is 20.3 Å². The fraction of sp³-hybridized carbons (Fsp3) is 1.00. The zero-order chi connectivity index (χ0) is 8.85. The standard InChI is InChI=1S/C6H14O4S/c1-3-5(2)6(7)4-10-11(8)9/h5-7H,3-4H2,1-2H3,(H,8,9). The highest BCUT2D eigenvalue weighted by atomic mass is 32.2. The van der Waals surface area contributed by atoms with Gasteiger partial charge in [0.2, 0.25) is 0 Å². The van der Waals surface area contributed by atoms with Gasteiger partial charge in [0, 0.05) is 0 Å². The van der Waals surface area contributed by atoms with Crippen LogP contribution >= 0.6 is 0 Å². The molecule has 0 aromatic carbocycles. The Bertz CT molecular complexity index is 128. The Morgan fingerprint density at radius 3 is 2.55 bits per heavy atom. The van der Waals surface area contributed by atoms with Gasteiger partial charge in [-0.1, -0.05) is 20.3 Å². The van der Waals surface area contributed by atoms with Crippen molar-refractivity contribution in [1.29, 1.82) is 0 Å². The quantitative estimate of drug-likeness (QED) is 0.609. The molecule has 0 aliphatic heterocycles. The van der Waals surface area contributed by atoms with Crippen LogP contribution in [-0.2, 0) is 15.5 Å². The van der Waals surface area contributed by atoms with Gasteiger partial charge in [-0.25, -0.2) is 0 Å². The van der Waals surface area contributed by atoms with Gasteiger partial charge in [-0.2, -0.15) is 4.21 Å². The number of hydrogen-bond acceptors (Lipinski definition) is 3. The molecule has 0 saturated heterocycles. The van der Waals surface area contributed by atoms with E-state index < -0.39 is 17.5 Å². The van der Waals surface area contributed by atoms with E-state index in [1.807, 2.05) is 13.8 Å². The van der Waals surface area contributed by atoms with E-state index >= 15 is 0 Å². The van der Waals surface area contributed by atoms with Crippen LogP contribution in [0.15, 0.2) is 0 Å². The second-order valence-corrected chi connectivity index (χ2v) is 3.12. The first-order valence-electron chi connectivity index (χ1n) is 3.50. The lowest BCUT2D eigenvalue weighted by Gasteiger charge is -2.14. The second-order valence-electron chi connectivity index (χ2n) is 2.45. The van der Waals surface area contributed by atoms with Crippen LogP contribution in [0, 0.1) is 5.92 Å². The molecular formula is C6H14O4S. The molecule has 4 nitrogen and oxygen atoms in total. The van der Waals surface area contributed by atoms with E-state index in [2.05, 4.69) is 4.18 Å². The molecule has 0 amide bonds. The van der Waals surface area contributed by atoms with Crippen LogP contribution in [-0.4, -0.2) is 26.6 Å². The van der Waals surface area contributed by atoms with Crippen molar-refractivity contribution < 1.29 is 18.1 Å². The molecule has 5 heteroatoms. The lowest BCUT2D eigenvalue weighted by atomic mass is 10.0. The van der Waals surface area contributed by atoms with E-state index in [1.165, 1.54) is 0 Å². The number of hydrogen-bond donors (Lipinski definition) is 2. The van der Waals surface area contributed by atoms with Gasteiger partial charge in [-0.3, -0.25) is 8.74 Å². The number of rotatable bonds is 5. The maximum atomic E-state index is 9.99. The Kier molecular flexibility index (Phi) is 5.67. The molecule has 0 bridgehead atoms. The second kappa shape index (κ2) is 5.65. The normalized spacial score (nSPS) is 19.3. The largest absolute Gasteiger partial charge is 0.390 e. The van der Waals surface area contributed by atoms with Crippen molar-refractivity contribution in [3.8, 4) is 0 Å². The van der Waals surface area contributed by atoms with E-state index in [9.17, 15) is 9.32 Å². The van der Waals surface area contributed by atoms with Gasteiger partial charge in [0.25, 0.3) is 0 Å². The average molecular weight is 182 g/mol. The Balaban J connectivity index is 3.51. The van der Waals surface area contributed by atoms with E-state index in [0.717, 1.165) is 6.42 Å². The lowest BCUT2D eigenvalue weighted by Crippen LogP contribution is -2.23. The first kappa shape index (κ1) is 11.0. The fourth-order valence-corrected chi connectivity index (χ4v) is 0.820. The average Bonchev–Trinajstić information content (AvgIpc) is 1.98. The van der Waals surface area contributed by atoms with E-state index in [0.29, 0.717) is 0 Å². The van der Waals surface area contributed by atoms with Crippen molar-refractivity contribution in [1.82, 2.24) is 0 Å². The Labute approximate surface area is 69.1 Å². The van der Waals surface area contributed by atoms with Gasteiger partial charge in [-0.15, -0.1) is 0 Å². The maximum absolute atomic E-state index is 9.99. The lowest BCUT2D eigenvalue weighted by molar-refractivity contribution is 0.0639. The Morgan fingerprint density at radius 1 is 1.64 bits per heavy atom. The van der Waals surface area contributed by atoms with Gasteiger partial charge in [-0.05, 0) is 5.92 Å². The molecular weight excluding hydrogens is 168 g/mol. The maximum Gasteiger partial charge on any atom is 0.301 e. The van der Waals surface area contributed by atoms with Gasteiger partial charge >= 0.3 is 11.4 Å². The first-order chi connectivity index (χ1) is 5.07. The highest BCUT2D eigenvalue weighted by Gasteiger charge is 2.12. The molecule has 0 spiro atoms. The summed E-state index contributed by atoms with van der Waals surface area (Å²) in [7, 11) is 0. The molecule has 0 aliphatic carbocycles. The highest BCUT2D eigenvalue weighted by Crippen LogP contribution is 2.07. The third-order valence-corrected chi connectivity index (χ3v) is 1.98. The van der Waals surface area contributed by atoms with Crippen molar-refractivity contribution in [3.63, 3.8) is 0 Å². The van der Waals surface area contributed by atoms with Crippen LogP contribution < -0.4 is 0 Å². The van der Waals surface area contributed by atoms with Crippen LogP contribution in [0.4, 0.5) is 0 Å². The summed E-state index contributed by atoms with van der Waals surface area (Å²) in [5.74, 6) is 0.0959. The molecule has 3 atom stereocenters. The minimum Gasteiger partial charge on any atom is -0.390 e. The molecule has 2 N–H and O–H groups in total. The summed E-state index contributed by atoms with van der Waals surface area (Å²) in [4.78, 5) is 0.